The number of carbonyl (C=O) groups is 1. The van der Waals surface area contributed by atoms with Gasteiger partial charge < -0.3 is 4.90 Å². The lowest BCUT2D eigenvalue weighted by atomic mass is 10.0. The Bertz CT molecular complexity index is 921. The highest BCUT2D eigenvalue weighted by molar-refractivity contribution is 7.89. The largest absolute Gasteiger partial charge is 0.310 e. The van der Waals surface area contributed by atoms with Crippen LogP contribution in [0.3, 0.4) is 0 Å². The van der Waals surface area contributed by atoms with Gasteiger partial charge in [0.25, 0.3) is 0 Å². The average Bonchev–Trinajstić information content (AvgIpc) is 3.04. The van der Waals surface area contributed by atoms with Crippen LogP contribution in [0.2, 0.25) is 0 Å². The fourth-order valence-corrected chi connectivity index (χ4v) is 4.60. The monoisotopic (exact) mass is 386 g/mol. The highest BCUT2D eigenvalue weighted by Gasteiger charge is 2.33. The highest BCUT2D eigenvalue weighted by atomic mass is 32.2. The van der Waals surface area contributed by atoms with E-state index in [1.165, 1.54) is 0 Å². The molecule has 144 valence electrons. The molecule has 5 nitrogen and oxygen atoms in total. The lowest BCUT2D eigenvalue weighted by Gasteiger charge is -2.26. The predicted molar refractivity (Wildman–Crippen MR) is 107 cm³/mol. The van der Waals surface area contributed by atoms with E-state index in [1.54, 1.807) is 29.2 Å². The van der Waals surface area contributed by atoms with E-state index in [-0.39, 0.29) is 16.7 Å². The molecule has 1 amide bonds. The first-order chi connectivity index (χ1) is 12.8. The Kier molecular flexibility index (Phi) is 5.67. The van der Waals surface area contributed by atoms with Crippen LogP contribution in [0.4, 0.5) is 5.69 Å². The van der Waals surface area contributed by atoms with Crippen molar-refractivity contribution in [2.24, 2.45) is 5.92 Å². The number of fused-ring (bicyclic) bond motifs is 1. The number of para-hydroxylation sites is 1. The number of carbonyl (C=O) groups excluding carboxylic acids is 1. The van der Waals surface area contributed by atoms with Gasteiger partial charge in [0.05, 0.1) is 4.90 Å². The molecule has 0 radical (unpaired) electrons. The van der Waals surface area contributed by atoms with Crippen molar-refractivity contribution in [2.45, 2.75) is 44.6 Å². The van der Waals surface area contributed by atoms with Crippen LogP contribution < -0.4 is 9.62 Å². The molecule has 0 aliphatic carbocycles. The standard InChI is InChI=1S/C21H26N2O3S/c1-15(2)14-19(22-27(25,26)18-10-8-16(3)9-11-18)21(24)23-13-12-17-6-4-5-7-20(17)23/h4-11,15,19,22H,12-14H2,1-3H3/t19-/m0/s1. The summed E-state index contributed by atoms with van der Waals surface area (Å²) in [6.45, 7) is 6.45. The normalized spacial score (nSPS) is 15.0. The van der Waals surface area contributed by atoms with Gasteiger partial charge in [-0.1, -0.05) is 49.7 Å². The van der Waals surface area contributed by atoms with E-state index in [0.29, 0.717) is 13.0 Å². The Hall–Kier alpha value is -2.18. The van der Waals surface area contributed by atoms with E-state index >= 15 is 0 Å². The van der Waals surface area contributed by atoms with Crippen molar-refractivity contribution >= 4 is 21.6 Å². The van der Waals surface area contributed by atoms with Crippen molar-refractivity contribution in [3.63, 3.8) is 0 Å². The van der Waals surface area contributed by atoms with Crippen LogP contribution in [-0.4, -0.2) is 26.9 Å². The van der Waals surface area contributed by atoms with Gasteiger partial charge in [-0.25, -0.2) is 8.42 Å². The van der Waals surface area contributed by atoms with Crippen molar-refractivity contribution in [1.29, 1.82) is 0 Å². The van der Waals surface area contributed by atoms with Crippen LogP contribution in [-0.2, 0) is 21.2 Å². The third-order valence-electron chi connectivity index (χ3n) is 4.79. The summed E-state index contributed by atoms with van der Waals surface area (Å²) in [6.07, 6.45) is 1.24. The lowest BCUT2D eigenvalue weighted by molar-refractivity contribution is -0.120. The molecule has 1 aliphatic rings. The highest BCUT2D eigenvalue weighted by Crippen LogP contribution is 2.29. The SMILES string of the molecule is Cc1ccc(S(=O)(=O)N[C@@H](CC(C)C)C(=O)N2CCc3ccccc32)cc1. The summed E-state index contributed by atoms with van der Waals surface area (Å²) >= 11 is 0. The van der Waals surface area contributed by atoms with Crippen LogP contribution in [0.1, 0.15) is 31.4 Å². The quantitative estimate of drug-likeness (QED) is 0.828. The lowest BCUT2D eigenvalue weighted by Crippen LogP contribution is -2.48. The zero-order valence-corrected chi connectivity index (χ0v) is 16.8. The maximum atomic E-state index is 13.2. The molecule has 1 N–H and O–H groups in total. The molecule has 3 rings (SSSR count). The molecule has 2 aromatic rings. The molecule has 0 unspecified atom stereocenters. The zero-order valence-electron chi connectivity index (χ0n) is 16.0. The van der Waals surface area contributed by atoms with Gasteiger partial charge in [0.1, 0.15) is 6.04 Å². The fraction of sp³-hybridized carbons (Fsp3) is 0.381. The van der Waals surface area contributed by atoms with Gasteiger partial charge in [0.15, 0.2) is 0 Å². The molecule has 1 atom stereocenters. The number of hydrogen-bond acceptors (Lipinski definition) is 3. The molecular formula is C21H26N2O3S. The van der Waals surface area contributed by atoms with E-state index in [1.807, 2.05) is 45.0 Å². The molecule has 0 spiro atoms. The van der Waals surface area contributed by atoms with Crippen molar-refractivity contribution in [1.82, 2.24) is 4.72 Å². The molecule has 0 saturated carbocycles. The molecule has 0 saturated heterocycles. The van der Waals surface area contributed by atoms with Gasteiger partial charge in [-0.15, -0.1) is 0 Å². The number of amides is 1. The van der Waals surface area contributed by atoms with Crippen LogP contribution in [0.25, 0.3) is 0 Å². The molecule has 0 aromatic heterocycles. The number of anilines is 1. The minimum Gasteiger partial charge on any atom is -0.310 e. The molecule has 6 heteroatoms. The molecule has 1 aliphatic heterocycles. The van der Waals surface area contributed by atoms with Crippen molar-refractivity contribution in [3.8, 4) is 0 Å². The Morgan fingerprint density at radius 1 is 1.11 bits per heavy atom. The second-order valence-electron chi connectivity index (χ2n) is 7.49. The second kappa shape index (κ2) is 7.82. The maximum Gasteiger partial charge on any atom is 0.245 e. The average molecular weight is 387 g/mol. The maximum absolute atomic E-state index is 13.2. The first kappa shape index (κ1) is 19.6. The molecule has 27 heavy (non-hydrogen) atoms. The summed E-state index contributed by atoms with van der Waals surface area (Å²) in [5.41, 5.74) is 2.98. The van der Waals surface area contributed by atoms with Crippen LogP contribution in [0, 0.1) is 12.8 Å². The number of aryl methyl sites for hydroxylation is 1. The van der Waals surface area contributed by atoms with Crippen molar-refractivity contribution in [3.05, 3.63) is 59.7 Å². The van der Waals surface area contributed by atoms with Gasteiger partial charge in [-0.05, 0) is 49.4 Å². The van der Waals surface area contributed by atoms with E-state index in [4.69, 9.17) is 0 Å². The van der Waals surface area contributed by atoms with Gasteiger partial charge >= 0.3 is 0 Å². The van der Waals surface area contributed by atoms with Gasteiger partial charge in [-0.2, -0.15) is 4.72 Å². The Morgan fingerprint density at radius 2 is 1.78 bits per heavy atom. The summed E-state index contributed by atoms with van der Waals surface area (Å²) in [5, 5.41) is 0. The summed E-state index contributed by atoms with van der Waals surface area (Å²) in [6, 6.07) is 13.6. The molecule has 0 fully saturated rings. The summed E-state index contributed by atoms with van der Waals surface area (Å²) < 4.78 is 28.3. The third-order valence-corrected chi connectivity index (χ3v) is 6.27. The number of nitrogens with zero attached hydrogens (tertiary/aromatic N) is 1. The van der Waals surface area contributed by atoms with E-state index in [9.17, 15) is 13.2 Å². The first-order valence-electron chi connectivity index (χ1n) is 9.26. The summed E-state index contributed by atoms with van der Waals surface area (Å²) in [4.78, 5) is 15.1. The van der Waals surface area contributed by atoms with Gasteiger partial charge in [0, 0.05) is 12.2 Å². The van der Waals surface area contributed by atoms with Crippen LogP contribution in [0.15, 0.2) is 53.4 Å². The molecule has 1 heterocycles. The number of benzene rings is 2. The van der Waals surface area contributed by atoms with Gasteiger partial charge in [0.2, 0.25) is 15.9 Å². The summed E-state index contributed by atoms with van der Waals surface area (Å²) in [7, 11) is -3.77. The predicted octanol–water partition coefficient (Wildman–Crippen LogP) is 3.28. The zero-order chi connectivity index (χ0) is 19.6. The molecular weight excluding hydrogens is 360 g/mol. The Morgan fingerprint density at radius 3 is 2.44 bits per heavy atom. The minimum atomic E-state index is -3.77. The number of hydrogen-bond donors (Lipinski definition) is 1. The summed E-state index contributed by atoms with van der Waals surface area (Å²) in [5.74, 6) is -0.0122. The molecule has 2 aromatic carbocycles. The van der Waals surface area contributed by atoms with Crippen molar-refractivity contribution in [2.75, 3.05) is 11.4 Å². The first-order valence-corrected chi connectivity index (χ1v) is 10.7. The van der Waals surface area contributed by atoms with E-state index < -0.39 is 16.1 Å². The van der Waals surface area contributed by atoms with Crippen molar-refractivity contribution < 1.29 is 13.2 Å². The minimum absolute atomic E-state index is 0.177. The van der Waals surface area contributed by atoms with Gasteiger partial charge in [-0.3, -0.25) is 4.79 Å². The van der Waals surface area contributed by atoms with Crippen LogP contribution in [0.5, 0.6) is 0 Å². The van der Waals surface area contributed by atoms with E-state index in [2.05, 4.69) is 4.72 Å². The number of sulfonamides is 1. The molecule has 0 bridgehead atoms. The Labute approximate surface area is 161 Å². The fourth-order valence-electron chi connectivity index (χ4n) is 3.40. The number of rotatable bonds is 6. The third kappa shape index (κ3) is 4.39. The Balaban J connectivity index is 1.86. The smallest absolute Gasteiger partial charge is 0.245 e. The topological polar surface area (TPSA) is 66.5 Å². The van der Waals surface area contributed by atoms with E-state index in [0.717, 1.165) is 23.2 Å². The second-order valence-corrected chi connectivity index (χ2v) is 9.20. The van der Waals surface area contributed by atoms with Crippen LogP contribution >= 0.6 is 0 Å². The number of nitrogens with one attached hydrogen (secondary N) is 1.